The molecular weight excluding hydrogens is 216 g/mol. The van der Waals surface area contributed by atoms with Crippen molar-refractivity contribution < 1.29 is 9.21 Å². The molecule has 1 atom stereocenters. The average molecular weight is 236 g/mol. The number of piperidine rings is 1. The Bertz CT molecular complexity index is 412. The predicted molar refractivity (Wildman–Crippen MR) is 64.7 cm³/mol. The van der Waals surface area contributed by atoms with Crippen LogP contribution in [0.3, 0.4) is 0 Å². The molecule has 0 aliphatic carbocycles. The number of likely N-dealkylation sites (tertiary alicyclic amines) is 1. The van der Waals surface area contributed by atoms with Crippen LogP contribution in [0.25, 0.3) is 0 Å². The molecule has 1 amide bonds. The fourth-order valence-electron chi connectivity index (χ4n) is 2.40. The third-order valence-corrected chi connectivity index (χ3v) is 3.32. The van der Waals surface area contributed by atoms with Gasteiger partial charge in [-0.05, 0) is 25.7 Å². The number of carbonyl (C=O) groups excluding carboxylic acids is 1. The van der Waals surface area contributed by atoms with Crippen molar-refractivity contribution in [3.05, 3.63) is 17.3 Å². The van der Waals surface area contributed by atoms with Crippen molar-refractivity contribution in [1.29, 1.82) is 0 Å². The van der Waals surface area contributed by atoms with Gasteiger partial charge in [0.15, 0.2) is 5.89 Å². The molecule has 0 aromatic carbocycles. The monoisotopic (exact) mass is 236 g/mol. The van der Waals surface area contributed by atoms with Crippen LogP contribution in [0.4, 0.5) is 0 Å². The highest BCUT2D eigenvalue weighted by atomic mass is 16.4. The summed E-state index contributed by atoms with van der Waals surface area (Å²) in [6, 6.07) is 0. The molecule has 4 heteroatoms. The topological polar surface area (TPSA) is 46.3 Å². The van der Waals surface area contributed by atoms with E-state index in [1.807, 2.05) is 18.7 Å². The maximum absolute atomic E-state index is 12.1. The van der Waals surface area contributed by atoms with Crippen LogP contribution in [-0.2, 0) is 11.2 Å². The largest absolute Gasteiger partial charge is 0.445 e. The normalized spacial score (nSPS) is 20.6. The Morgan fingerprint density at radius 3 is 2.88 bits per heavy atom. The first-order chi connectivity index (χ1) is 8.06. The highest BCUT2D eigenvalue weighted by Crippen LogP contribution is 2.17. The van der Waals surface area contributed by atoms with Crippen LogP contribution in [-0.4, -0.2) is 28.9 Å². The quantitative estimate of drug-likeness (QED) is 0.790. The van der Waals surface area contributed by atoms with Crippen molar-refractivity contribution in [2.24, 2.45) is 5.92 Å². The van der Waals surface area contributed by atoms with E-state index in [2.05, 4.69) is 11.9 Å². The van der Waals surface area contributed by atoms with Crippen molar-refractivity contribution >= 4 is 5.91 Å². The molecule has 1 aromatic heterocycles. The first-order valence-electron chi connectivity index (χ1n) is 6.27. The smallest absolute Gasteiger partial charge is 0.230 e. The van der Waals surface area contributed by atoms with Gasteiger partial charge in [0.05, 0.1) is 12.1 Å². The Kier molecular flexibility index (Phi) is 3.50. The molecule has 94 valence electrons. The number of oxazole rings is 1. The molecule has 17 heavy (non-hydrogen) atoms. The van der Waals surface area contributed by atoms with E-state index in [0.29, 0.717) is 24.0 Å². The second kappa shape index (κ2) is 4.90. The zero-order valence-electron chi connectivity index (χ0n) is 10.8. The van der Waals surface area contributed by atoms with E-state index in [1.165, 1.54) is 6.42 Å². The summed E-state index contributed by atoms with van der Waals surface area (Å²) in [5.41, 5.74) is 0.834. The van der Waals surface area contributed by atoms with Gasteiger partial charge in [-0.3, -0.25) is 4.79 Å². The Morgan fingerprint density at radius 2 is 2.29 bits per heavy atom. The van der Waals surface area contributed by atoms with Crippen LogP contribution in [0.5, 0.6) is 0 Å². The molecule has 0 radical (unpaired) electrons. The zero-order chi connectivity index (χ0) is 12.4. The average Bonchev–Trinajstić information content (AvgIpc) is 2.57. The Hall–Kier alpha value is -1.32. The van der Waals surface area contributed by atoms with Crippen LogP contribution in [0, 0.1) is 19.8 Å². The molecule has 4 nitrogen and oxygen atoms in total. The van der Waals surface area contributed by atoms with Crippen molar-refractivity contribution in [2.45, 2.75) is 40.0 Å². The molecule has 0 bridgehead atoms. The summed E-state index contributed by atoms with van der Waals surface area (Å²) in [5.74, 6) is 2.13. The van der Waals surface area contributed by atoms with Crippen molar-refractivity contribution in [3.8, 4) is 0 Å². The van der Waals surface area contributed by atoms with Crippen molar-refractivity contribution in [2.75, 3.05) is 13.1 Å². The predicted octanol–water partition coefficient (Wildman–Crippen LogP) is 2.09. The summed E-state index contributed by atoms with van der Waals surface area (Å²) < 4.78 is 5.44. The summed E-state index contributed by atoms with van der Waals surface area (Å²) in [6.45, 7) is 7.66. The summed E-state index contributed by atoms with van der Waals surface area (Å²) in [6.07, 6.45) is 2.69. The fraction of sp³-hybridized carbons (Fsp3) is 0.692. The van der Waals surface area contributed by atoms with Gasteiger partial charge in [-0.15, -0.1) is 0 Å². The number of hydrogen-bond acceptors (Lipinski definition) is 3. The first kappa shape index (κ1) is 12.1. The molecule has 1 unspecified atom stereocenters. The van der Waals surface area contributed by atoms with Gasteiger partial charge >= 0.3 is 0 Å². The standard InChI is InChI=1S/C13H20N2O2/c1-9-5-4-6-15(8-9)13(16)7-12-10(2)14-11(3)17-12/h9H,4-8H2,1-3H3. The van der Waals surface area contributed by atoms with E-state index < -0.39 is 0 Å². The van der Waals surface area contributed by atoms with Crippen molar-refractivity contribution in [3.63, 3.8) is 0 Å². The summed E-state index contributed by atoms with van der Waals surface area (Å²) in [7, 11) is 0. The third kappa shape index (κ3) is 2.87. The van der Waals surface area contributed by atoms with E-state index in [0.717, 1.165) is 25.2 Å². The number of aromatic nitrogens is 1. The van der Waals surface area contributed by atoms with E-state index in [9.17, 15) is 4.79 Å². The molecule has 1 aromatic rings. The van der Waals surface area contributed by atoms with Crippen LogP contribution >= 0.6 is 0 Å². The number of aryl methyl sites for hydroxylation is 2. The minimum atomic E-state index is 0.163. The molecule has 1 aliphatic rings. The van der Waals surface area contributed by atoms with E-state index in [4.69, 9.17) is 4.42 Å². The highest BCUT2D eigenvalue weighted by Gasteiger charge is 2.22. The van der Waals surface area contributed by atoms with Crippen LogP contribution < -0.4 is 0 Å². The van der Waals surface area contributed by atoms with Crippen LogP contribution in [0.1, 0.15) is 37.1 Å². The minimum Gasteiger partial charge on any atom is -0.445 e. The van der Waals surface area contributed by atoms with Gasteiger partial charge in [0, 0.05) is 20.0 Å². The highest BCUT2D eigenvalue weighted by molar-refractivity contribution is 5.78. The van der Waals surface area contributed by atoms with E-state index in [1.54, 1.807) is 0 Å². The number of carbonyl (C=O) groups is 1. The lowest BCUT2D eigenvalue weighted by molar-refractivity contribution is -0.132. The molecule has 1 fully saturated rings. The number of hydrogen-bond donors (Lipinski definition) is 0. The minimum absolute atomic E-state index is 0.163. The zero-order valence-corrected chi connectivity index (χ0v) is 10.8. The Labute approximate surface area is 102 Å². The van der Waals surface area contributed by atoms with Gasteiger partial charge in [-0.2, -0.15) is 0 Å². The summed E-state index contributed by atoms with van der Waals surface area (Å²) >= 11 is 0. The lowest BCUT2D eigenvalue weighted by atomic mass is 10.00. The summed E-state index contributed by atoms with van der Waals surface area (Å²) in [4.78, 5) is 18.2. The Morgan fingerprint density at radius 1 is 1.53 bits per heavy atom. The second-order valence-electron chi connectivity index (χ2n) is 5.01. The molecule has 2 heterocycles. The van der Waals surface area contributed by atoms with Gasteiger partial charge in [-0.1, -0.05) is 6.92 Å². The Balaban J connectivity index is 1.99. The molecule has 0 saturated carbocycles. The maximum Gasteiger partial charge on any atom is 0.230 e. The van der Waals surface area contributed by atoms with Gasteiger partial charge in [-0.25, -0.2) is 4.98 Å². The first-order valence-corrected chi connectivity index (χ1v) is 6.27. The fourth-order valence-corrected chi connectivity index (χ4v) is 2.40. The van der Waals surface area contributed by atoms with E-state index >= 15 is 0 Å². The lowest BCUT2D eigenvalue weighted by Gasteiger charge is -2.30. The maximum atomic E-state index is 12.1. The van der Waals surface area contributed by atoms with E-state index in [-0.39, 0.29) is 5.91 Å². The molecule has 1 saturated heterocycles. The van der Waals surface area contributed by atoms with Crippen molar-refractivity contribution in [1.82, 2.24) is 9.88 Å². The lowest BCUT2D eigenvalue weighted by Crippen LogP contribution is -2.39. The van der Waals surface area contributed by atoms with Gasteiger partial charge < -0.3 is 9.32 Å². The van der Waals surface area contributed by atoms with Gasteiger partial charge in [0.1, 0.15) is 5.76 Å². The number of amides is 1. The second-order valence-corrected chi connectivity index (χ2v) is 5.01. The molecular formula is C13H20N2O2. The summed E-state index contributed by atoms with van der Waals surface area (Å²) in [5, 5.41) is 0. The van der Waals surface area contributed by atoms with Gasteiger partial charge in [0.25, 0.3) is 0 Å². The van der Waals surface area contributed by atoms with Crippen LogP contribution in [0.2, 0.25) is 0 Å². The molecule has 0 N–H and O–H groups in total. The third-order valence-electron chi connectivity index (χ3n) is 3.32. The number of nitrogens with zero attached hydrogens (tertiary/aromatic N) is 2. The SMILES string of the molecule is Cc1nc(C)c(CC(=O)N2CCCC(C)C2)o1. The molecule has 2 rings (SSSR count). The molecule has 1 aliphatic heterocycles. The number of rotatable bonds is 2. The molecule has 0 spiro atoms. The van der Waals surface area contributed by atoms with Crippen LogP contribution in [0.15, 0.2) is 4.42 Å². The van der Waals surface area contributed by atoms with Gasteiger partial charge in [0.2, 0.25) is 5.91 Å².